The van der Waals surface area contributed by atoms with Crippen molar-refractivity contribution in [2.24, 2.45) is 0 Å². The highest BCUT2D eigenvalue weighted by Gasteiger charge is 2.25. The third-order valence-electron chi connectivity index (χ3n) is 5.62. The van der Waals surface area contributed by atoms with Crippen molar-refractivity contribution in [1.29, 1.82) is 0 Å². The SMILES string of the molecule is CCc1nn(-c2ccccc2)c(Oc2ccccc2F)c1CN(CCOC)C(=O)c1ccccc1. The van der Waals surface area contributed by atoms with Gasteiger partial charge in [0, 0.05) is 19.2 Å². The van der Waals surface area contributed by atoms with Crippen molar-refractivity contribution < 1.29 is 18.7 Å². The Morgan fingerprint density at radius 3 is 2.29 bits per heavy atom. The first kappa shape index (κ1) is 24.2. The zero-order valence-electron chi connectivity index (χ0n) is 19.9. The topological polar surface area (TPSA) is 56.6 Å². The van der Waals surface area contributed by atoms with Gasteiger partial charge in [-0.05, 0) is 42.8 Å². The summed E-state index contributed by atoms with van der Waals surface area (Å²) in [6, 6.07) is 24.9. The van der Waals surface area contributed by atoms with E-state index < -0.39 is 5.82 Å². The Morgan fingerprint density at radius 2 is 1.63 bits per heavy atom. The molecule has 0 saturated carbocycles. The van der Waals surface area contributed by atoms with E-state index in [2.05, 4.69) is 0 Å². The predicted octanol–water partition coefficient (Wildman–Crippen LogP) is 5.65. The molecule has 0 spiro atoms. The van der Waals surface area contributed by atoms with Gasteiger partial charge in [0.25, 0.3) is 5.91 Å². The molecule has 35 heavy (non-hydrogen) atoms. The minimum Gasteiger partial charge on any atom is -0.435 e. The quantitative estimate of drug-likeness (QED) is 0.298. The molecule has 4 aromatic rings. The fourth-order valence-corrected chi connectivity index (χ4v) is 3.81. The fraction of sp³-hybridized carbons (Fsp3) is 0.214. The van der Waals surface area contributed by atoms with Crippen LogP contribution in [0, 0.1) is 5.82 Å². The zero-order chi connectivity index (χ0) is 24.6. The molecule has 0 N–H and O–H groups in total. The van der Waals surface area contributed by atoms with Crippen molar-refractivity contribution >= 4 is 5.91 Å². The van der Waals surface area contributed by atoms with Gasteiger partial charge < -0.3 is 14.4 Å². The maximum Gasteiger partial charge on any atom is 0.254 e. The maximum atomic E-state index is 14.6. The van der Waals surface area contributed by atoms with Gasteiger partial charge in [0.2, 0.25) is 5.88 Å². The van der Waals surface area contributed by atoms with Crippen LogP contribution in [-0.2, 0) is 17.7 Å². The standard InChI is InChI=1S/C28H28FN3O3/c1-3-25-23(20-31(18-19-34-2)27(33)21-12-6-4-7-13-21)28(35-26-17-11-10-16-24(26)29)32(30-25)22-14-8-5-9-15-22/h4-17H,3,18-20H2,1-2H3. The molecule has 0 radical (unpaired) electrons. The van der Waals surface area contributed by atoms with Crippen molar-refractivity contribution in [2.75, 3.05) is 20.3 Å². The van der Waals surface area contributed by atoms with Crippen LogP contribution in [0.4, 0.5) is 4.39 Å². The molecule has 1 aromatic heterocycles. The van der Waals surface area contributed by atoms with Gasteiger partial charge in [-0.25, -0.2) is 9.07 Å². The van der Waals surface area contributed by atoms with Crippen LogP contribution >= 0.6 is 0 Å². The zero-order valence-corrected chi connectivity index (χ0v) is 19.9. The summed E-state index contributed by atoms with van der Waals surface area (Å²) in [5.74, 6) is -0.143. The molecule has 4 rings (SSSR count). The van der Waals surface area contributed by atoms with Gasteiger partial charge in [-0.3, -0.25) is 4.79 Å². The Bertz CT molecular complexity index is 1260. The second-order valence-corrected chi connectivity index (χ2v) is 7.95. The van der Waals surface area contributed by atoms with E-state index in [0.29, 0.717) is 31.0 Å². The molecule has 3 aromatic carbocycles. The monoisotopic (exact) mass is 473 g/mol. The van der Waals surface area contributed by atoms with E-state index in [1.807, 2.05) is 55.5 Å². The smallest absolute Gasteiger partial charge is 0.254 e. The van der Waals surface area contributed by atoms with Crippen LogP contribution in [0.2, 0.25) is 0 Å². The number of benzene rings is 3. The van der Waals surface area contributed by atoms with Crippen LogP contribution in [0.15, 0.2) is 84.9 Å². The number of hydrogen-bond acceptors (Lipinski definition) is 4. The highest BCUT2D eigenvalue weighted by Crippen LogP contribution is 2.33. The van der Waals surface area contributed by atoms with Gasteiger partial charge in [-0.15, -0.1) is 0 Å². The second-order valence-electron chi connectivity index (χ2n) is 7.95. The van der Waals surface area contributed by atoms with Crippen LogP contribution in [-0.4, -0.2) is 40.8 Å². The number of para-hydroxylation sites is 2. The van der Waals surface area contributed by atoms with E-state index in [0.717, 1.165) is 16.9 Å². The molecule has 0 fully saturated rings. The summed E-state index contributed by atoms with van der Waals surface area (Å²) in [5, 5.41) is 4.79. The first-order valence-electron chi connectivity index (χ1n) is 11.5. The lowest BCUT2D eigenvalue weighted by Gasteiger charge is -2.23. The van der Waals surface area contributed by atoms with Gasteiger partial charge in [0.1, 0.15) is 0 Å². The van der Waals surface area contributed by atoms with E-state index >= 15 is 0 Å². The van der Waals surface area contributed by atoms with Crippen molar-refractivity contribution in [3.8, 4) is 17.3 Å². The van der Waals surface area contributed by atoms with Gasteiger partial charge >= 0.3 is 0 Å². The van der Waals surface area contributed by atoms with Crippen molar-refractivity contribution in [3.63, 3.8) is 0 Å². The summed E-state index contributed by atoms with van der Waals surface area (Å²) in [6.45, 7) is 2.98. The molecule has 0 aliphatic rings. The number of carbonyl (C=O) groups excluding carboxylic acids is 1. The maximum absolute atomic E-state index is 14.6. The van der Waals surface area contributed by atoms with E-state index in [1.54, 1.807) is 47.0 Å². The Kier molecular flexibility index (Phi) is 7.90. The van der Waals surface area contributed by atoms with Gasteiger partial charge in [0.15, 0.2) is 11.6 Å². The molecule has 0 aliphatic heterocycles. The lowest BCUT2D eigenvalue weighted by atomic mass is 10.1. The van der Waals surface area contributed by atoms with Crippen LogP contribution in [0.1, 0.15) is 28.5 Å². The molecule has 0 atom stereocenters. The molecule has 1 heterocycles. The molecule has 180 valence electrons. The van der Waals surface area contributed by atoms with Crippen LogP contribution < -0.4 is 4.74 Å². The summed E-state index contributed by atoms with van der Waals surface area (Å²) in [4.78, 5) is 15.1. The van der Waals surface area contributed by atoms with Crippen molar-refractivity contribution in [2.45, 2.75) is 19.9 Å². The average molecular weight is 474 g/mol. The number of methoxy groups -OCH3 is 1. The van der Waals surface area contributed by atoms with E-state index in [1.165, 1.54) is 6.07 Å². The van der Waals surface area contributed by atoms with Gasteiger partial charge in [-0.1, -0.05) is 55.5 Å². The number of rotatable bonds is 10. The first-order chi connectivity index (χ1) is 17.1. The Morgan fingerprint density at radius 1 is 0.971 bits per heavy atom. The molecule has 0 saturated heterocycles. The number of amides is 1. The molecule has 0 bridgehead atoms. The lowest BCUT2D eigenvalue weighted by Crippen LogP contribution is -2.33. The minimum atomic E-state index is -0.478. The van der Waals surface area contributed by atoms with Gasteiger partial charge in [-0.2, -0.15) is 5.10 Å². The first-order valence-corrected chi connectivity index (χ1v) is 11.5. The summed E-state index contributed by atoms with van der Waals surface area (Å²) in [5.41, 5.74) is 2.84. The number of hydrogen-bond donors (Lipinski definition) is 0. The third-order valence-corrected chi connectivity index (χ3v) is 5.62. The van der Waals surface area contributed by atoms with Crippen molar-refractivity contribution in [1.82, 2.24) is 14.7 Å². The summed E-state index contributed by atoms with van der Waals surface area (Å²) in [7, 11) is 1.60. The Balaban J connectivity index is 1.80. The number of nitrogens with zero attached hydrogens (tertiary/aromatic N) is 3. The highest BCUT2D eigenvalue weighted by atomic mass is 19.1. The third kappa shape index (κ3) is 5.58. The normalized spacial score (nSPS) is 10.8. The van der Waals surface area contributed by atoms with E-state index in [-0.39, 0.29) is 18.2 Å². The number of ether oxygens (including phenoxy) is 2. The predicted molar refractivity (Wildman–Crippen MR) is 132 cm³/mol. The van der Waals surface area contributed by atoms with Crippen LogP contribution in [0.5, 0.6) is 11.6 Å². The fourth-order valence-electron chi connectivity index (χ4n) is 3.81. The molecule has 0 unspecified atom stereocenters. The Labute approximate surface area is 204 Å². The van der Waals surface area contributed by atoms with E-state index in [9.17, 15) is 9.18 Å². The molecular weight excluding hydrogens is 445 g/mol. The number of aromatic nitrogens is 2. The molecule has 7 heteroatoms. The Hall–Kier alpha value is -3.97. The van der Waals surface area contributed by atoms with Crippen molar-refractivity contribution in [3.05, 3.63) is 108 Å². The average Bonchev–Trinajstić information content (AvgIpc) is 3.25. The molecule has 1 amide bonds. The second kappa shape index (κ2) is 11.4. The van der Waals surface area contributed by atoms with Gasteiger partial charge in [0.05, 0.1) is 30.1 Å². The van der Waals surface area contributed by atoms with E-state index in [4.69, 9.17) is 14.6 Å². The summed E-state index contributed by atoms with van der Waals surface area (Å²) < 4.78 is 27.7. The number of halogens is 1. The summed E-state index contributed by atoms with van der Waals surface area (Å²) in [6.07, 6.45) is 0.612. The lowest BCUT2D eigenvalue weighted by molar-refractivity contribution is 0.0679. The minimum absolute atomic E-state index is 0.0892. The molecule has 6 nitrogen and oxygen atoms in total. The largest absolute Gasteiger partial charge is 0.435 e. The highest BCUT2D eigenvalue weighted by molar-refractivity contribution is 5.94. The molecular formula is C28H28FN3O3. The van der Waals surface area contributed by atoms with Crippen LogP contribution in [0.3, 0.4) is 0 Å². The summed E-state index contributed by atoms with van der Waals surface area (Å²) >= 11 is 0. The van der Waals surface area contributed by atoms with Crippen LogP contribution in [0.25, 0.3) is 5.69 Å². The number of carbonyl (C=O) groups is 1. The number of aryl methyl sites for hydroxylation is 1. The molecule has 0 aliphatic carbocycles.